The lowest BCUT2D eigenvalue weighted by molar-refractivity contribution is 0.0176. The SMILES string of the molecule is CC(C)CCCCN1CCN(CC(C)(C)O)CC1. The molecule has 0 unspecified atom stereocenters. The molecule has 0 radical (unpaired) electrons. The van der Waals surface area contributed by atoms with Crippen LogP contribution in [0.4, 0.5) is 0 Å². The summed E-state index contributed by atoms with van der Waals surface area (Å²) in [4.78, 5) is 4.95. The number of piperazine rings is 1. The standard InChI is InChI=1S/C15H32N2O/c1-14(2)7-5-6-8-16-9-11-17(12-10-16)13-15(3,4)18/h14,18H,5-13H2,1-4H3. The van der Waals surface area contributed by atoms with Gasteiger partial charge < -0.3 is 10.0 Å². The van der Waals surface area contributed by atoms with Crippen LogP contribution in [0.15, 0.2) is 0 Å². The predicted octanol–water partition coefficient (Wildman–Crippen LogP) is 2.20. The third-order valence-corrected chi connectivity index (χ3v) is 3.58. The van der Waals surface area contributed by atoms with Gasteiger partial charge in [-0.3, -0.25) is 4.90 Å². The summed E-state index contributed by atoms with van der Waals surface area (Å²) in [5.74, 6) is 0.841. The largest absolute Gasteiger partial charge is 0.389 e. The van der Waals surface area contributed by atoms with Crippen LogP contribution >= 0.6 is 0 Å². The third-order valence-electron chi connectivity index (χ3n) is 3.58. The number of hydrogen-bond donors (Lipinski definition) is 1. The normalized spacial score (nSPS) is 19.7. The number of nitrogens with zero attached hydrogens (tertiary/aromatic N) is 2. The molecule has 0 aromatic rings. The van der Waals surface area contributed by atoms with Crippen molar-refractivity contribution >= 4 is 0 Å². The Labute approximate surface area is 113 Å². The Bertz CT molecular complexity index is 215. The van der Waals surface area contributed by atoms with Crippen molar-refractivity contribution in [2.75, 3.05) is 39.3 Å². The zero-order valence-electron chi connectivity index (χ0n) is 12.8. The summed E-state index contributed by atoms with van der Waals surface area (Å²) >= 11 is 0. The van der Waals surface area contributed by atoms with Crippen molar-refractivity contribution in [2.24, 2.45) is 5.92 Å². The van der Waals surface area contributed by atoms with Gasteiger partial charge in [-0.15, -0.1) is 0 Å². The molecule has 0 spiro atoms. The molecule has 0 atom stereocenters. The van der Waals surface area contributed by atoms with E-state index in [4.69, 9.17) is 0 Å². The van der Waals surface area contributed by atoms with Gasteiger partial charge in [-0.25, -0.2) is 0 Å². The molecule has 18 heavy (non-hydrogen) atoms. The molecule has 1 fully saturated rings. The van der Waals surface area contributed by atoms with E-state index in [9.17, 15) is 5.11 Å². The average molecular weight is 256 g/mol. The predicted molar refractivity (Wildman–Crippen MR) is 77.9 cm³/mol. The fraction of sp³-hybridized carbons (Fsp3) is 1.00. The van der Waals surface area contributed by atoms with E-state index < -0.39 is 5.60 Å². The Morgan fingerprint density at radius 3 is 2.06 bits per heavy atom. The molecule has 0 aliphatic carbocycles. The molecule has 1 saturated heterocycles. The van der Waals surface area contributed by atoms with E-state index in [1.807, 2.05) is 13.8 Å². The van der Waals surface area contributed by atoms with Gasteiger partial charge in [0, 0.05) is 32.7 Å². The van der Waals surface area contributed by atoms with Crippen molar-refractivity contribution < 1.29 is 5.11 Å². The first-order valence-corrected chi connectivity index (χ1v) is 7.54. The minimum atomic E-state index is -0.556. The third kappa shape index (κ3) is 7.34. The molecule has 3 nitrogen and oxygen atoms in total. The molecule has 0 saturated carbocycles. The van der Waals surface area contributed by atoms with Crippen molar-refractivity contribution in [1.82, 2.24) is 9.80 Å². The van der Waals surface area contributed by atoms with E-state index in [1.54, 1.807) is 0 Å². The molecule has 3 heteroatoms. The van der Waals surface area contributed by atoms with Crippen molar-refractivity contribution in [3.05, 3.63) is 0 Å². The van der Waals surface area contributed by atoms with Gasteiger partial charge in [0.1, 0.15) is 0 Å². The summed E-state index contributed by atoms with van der Waals surface area (Å²) in [6.07, 6.45) is 4.06. The lowest BCUT2D eigenvalue weighted by atomic mass is 10.1. The zero-order chi connectivity index (χ0) is 13.6. The monoisotopic (exact) mass is 256 g/mol. The summed E-state index contributed by atoms with van der Waals surface area (Å²) < 4.78 is 0. The van der Waals surface area contributed by atoms with Crippen LogP contribution in [-0.2, 0) is 0 Å². The van der Waals surface area contributed by atoms with Crippen LogP contribution in [-0.4, -0.2) is 59.8 Å². The van der Waals surface area contributed by atoms with E-state index in [2.05, 4.69) is 23.6 Å². The fourth-order valence-corrected chi connectivity index (χ4v) is 2.61. The molecule has 0 amide bonds. The molecule has 1 N–H and O–H groups in total. The molecule has 0 bridgehead atoms. The second-order valence-electron chi connectivity index (χ2n) is 6.82. The van der Waals surface area contributed by atoms with Gasteiger partial charge >= 0.3 is 0 Å². The maximum atomic E-state index is 9.81. The summed E-state index contributed by atoms with van der Waals surface area (Å²) in [5, 5.41) is 9.81. The Morgan fingerprint density at radius 1 is 1.00 bits per heavy atom. The lowest BCUT2D eigenvalue weighted by Gasteiger charge is -2.37. The van der Waals surface area contributed by atoms with E-state index in [1.165, 1.54) is 25.8 Å². The van der Waals surface area contributed by atoms with E-state index in [-0.39, 0.29) is 0 Å². The van der Waals surface area contributed by atoms with Crippen LogP contribution in [0.5, 0.6) is 0 Å². The summed E-state index contributed by atoms with van der Waals surface area (Å²) in [7, 11) is 0. The van der Waals surface area contributed by atoms with Gasteiger partial charge in [-0.2, -0.15) is 0 Å². The molecule has 1 heterocycles. The van der Waals surface area contributed by atoms with E-state index in [0.717, 1.165) is 38.6 Å². The molecular formula is C15H32N2O. The van der Waals surface area contributed by atoms with Crippen molar-refractivity contribution in [3.8, 4) is 0 Å². The van der Waals surface area contributed by atoms with Crippen molar-refractivity contribution in [1.29, 1.82) is 0 Å². The highest BCUT2D eigenvalue weighted by Gasteiger charge is 2.22. The van der Waals surface area contributed by atoms with Crippen LogP contribution < -0.4 is 0 Å². The maximum absolute atomic E-state index is 9.81. The second kappa shape index (κ2) is 7.46. The highest BCUT2D eigenvalue weighted by Crippen LogP contribution is 2.11. The molecule has 1 aliphatic heterocycles. The van der Waals surface area contributed by atoms with E-state index in [0.29, 0.717) is 0 Å². The van der Waals surface area contributed by atoms with Gasteiger partial charge in [0.25, 0.3) is 0 Å². The Morgan fingerprint density at radius 2 is 1.56 bits per heavy atom. The van der Waals surface area contributed by atoms with Crippen LogP contribution in [0, 0.1) is 5.92 Å². The molecule has 0 aromatic heterocycles. The number of unbranched alkanes of at least 4 members (excludes halogenated alkanes) is 1. The van der Waals surface area contributed by atoms with Crippen LogP contribution in [0.1, 0.15) is 47.0 Å². The first kappa shape index (κ1) is 15.9. The smallest absolute Gasteiger partial charge is 0.0718 e. The van der Waals surface area contributed by atoms with Gasteiger partial charge in [-0.1, -0.05) is 26.7 Å². The van der Waals surface area contributed by atoms with Crippen molar-refractivity contribution in [3.63, 3.8) is 0 Å². The topological polar surface area (TPSA) is 26.7 Å². The van der Waals surface area contributed by atoms with Crippen LogP contribution in [0.3, 0.4) is 0 Å². The molecule has 1 aliphatic rings. The maximum Gasteiger partial charge on any atom is 0.0718 e. The van der Waals surface area contributed by atoms with Gasteiger partial charge in [0.05, 0.1) is 5.60 Å². The number of β-amino-alcohol motifs (C(OH)–C–C–N with tert-alkyl or cyclic N) is 1. The lowest BCUT2D eigenvalue weighted by Crippen LogP contribution is -2.50. The summed E-state index contributed by atoms with van der Waals surface area (Å²) in [5.41, 5.74) is -0.556. The fourth-order valence-electron chi connectivity index (χ4n) is 2.61. The summed E-state index contributed by atoms with van der Waals surface area (Å²) in [6.45, 7) is 15.0. The second-order valence-corrected chi connectivity index (χ2v) is 6.82. The quantitative estimate of drug-likeness (QED) is 0.708. The number of rotatable bonds is 7. The van der Waals surface area contributed by atoms with Gasteiger partial charge in [0.2, 0.25) is 0 Å². The van der Waals surface area contributed by atoms with E-state index >= 15 is 0 Å². The highest BCUT2D eigenvalue weighted by molar-refractivity contribution is 4.77. The molecule has 0 aromatic carbocycles. The van der Waals surface area contributed by atoms with Gasteiger partial charge in [-0.05, 0) is 32.7 Å². The first-order chi connectivity index (χ1) is 8.37. The van der Waals surface area contributed by atoms with Crippen LogP contribution in [0.2, 0.25) is 0 Å². The molecular weight excluding hydrogens is 224 g/mol. The average Bonchev–Trinajstić information content (AvgIpc) is 2.24. The van der Waals surface area contributed by atoms with Crippen molar-refractivity contribution in [2.45, 2.75) is 52.6 Å². The minimum absolute atomic E-state index is 0.556. The highest BCUT2D eigenvalue weighted by atomic mass is 16.3. The summed E-state index contributed by atoms with van der Waals surface area (Å²) in [6, 6.07) is 0. The Hall–Kier alpha value is -0.120. The number of aliphatic hydroxyl groups is 1. The van der Waals surface area contributed by atoms with Gasteiger partial charge in [0.15, 0.2) is 0 Å². The Balaban J connectivity index is 2.08. The Kier molecular flexibility index (Phi) is 6.61. The minimum Gasteiger partial charge on any atom is -0.389 e. The number of hydrogen-bond acceptors (Lipinski definition) is 3. The molecule has 1 rings (SSSR count). The molecule has 108 valence electrons. The zero-order valence-corrected chi connectivity index (χ0v) is 12.8. The first-order valence-electron chi connectivity index (χ1n) is 7.54. The van der Waals surface area contributed by atoms with Crippen LogP contribution in [0.25, 0.3) is 0 Å².